The average molecular weight is 361 g/mol. The third kappa shape index (κ3) is 3.46. The second kappa shape index (κ2) is 7.41. The molecule has 142 valence electrons. The molecule has 4 aliphatic rings. The van der Waals surface area contributed by atoms with Gasteiger partial charge in [0.25, 0.3) is 0 Å². The predicted octanol–water partition coefficient (Wildman–Crippen LogP) is 4.19. The van der Waals surface area contributed by atoms with Crippen molar-refractivity contribution in [1.82, 2.24) is 10.2 Å². The van der Waals surface area contributed by atoms with Crippen LogP contribution in [-0.4, -0.2) is 37.1 Å². The van der Waals surface area contributed by atoms with E-state index in [1.165, 1.54) is 57.2 Å². The molecule has 3 heterocycles. The molecule has 2 fully saturated rings. The van der Waals surface area contributed by atoms with Crippen LogP contribution in [0.25, 0.3) is 0 Å². The number of nitrogens with one attached hydrogen (secondary N) is 1. The lowest BCUT2D eigenvalue weighted by Gasteiger charge is -2.44. The second-order valence-corrected chi connectivity index (χ2v) is 9.09. The van der Waals surface area contributed by atoms with Crippen LogP contribution in [0.2, 0.25) is 0 Å². The fourth-order valence-electron chi connectivity index (χ4n) is 5.87. The van der Waals surface area contributed by atoms with Gasteiger partial charge in [-0.05, 0) is 74.2 Å². The van der Waals surface area contributed by atoms with Gasteiger partial charge in [0.15, 0.2) is 0 Å². The molecule has 2 heteroatoms. The first-order valence-corrected chi connectivity index (χ1v) is 10.9. The Balaban J connectivity index is 1.34. The normalized spacial score (nSPS) is 30.7. The minimum atomic E-state index is 0.334. The summed E-state index contributed by atoms with van der Waals surface area (Å²) in [4.78, 5) is 2.85. The molecular formula is C25H32N2. The van der Waals surface area contributed by atoms with Gasteiger partial charge in [-0.25, -0.2) is 0 Å². The van der Waals surface area contributed by atoms with Gasteiger partial charge in [-0.15, -0.1) is 0 Å². The number of hydrogen-bond acceptors (Lipinski definition) is 2. The zero-order valence-electron chi connectivity index (χ0n) is 16.4. The van der Waals surface area contributed by atoms with Crippen molar-refractivity contribution < 1.29 is 0 Å². The molecule has 1 aliphatic carbocycles. The highest BCUT2D eigenvalue weighted by molar-refractivity contribution is 5.30. The Labute approximate surface area is 164 Å². The molecule has 0 spiro atoms. The van der Waals surface area contributed by atoms with Crippen molar-refractivity contribution in [3.05, 3.63) is 71.3 Å². The van der Waals surface area contributed by atoms with Crippen LogP contribution in [0.4, 0.5) is 0 Å². The van der Waals surface area contributed by atoms with Gasteiger partial charge < -0.3 is 5.32 Å². The summed E-state index contributed by atoms with van der Waals surface area (Å²) in [6, 6.07) is 21.2. The fourth-order valence-corrected chi connectivity index (χ4v) is 5.87. The minimum absolute atomic E-state index is 0.334. The van der Waals surface area contributed by atoms with E-state index in [1.54, 1.807) is 11.1 Å². The molecular weight excluding hydrogens is 328 g/mol. The Morgan fingerprint density at radius 2 is 1.70 bits per heavy atom. The molecule has 2 saturated heterocycles. The fraction of sp³-hybridized carbons (Fsp3) is 0.520. The van der Waals surface area contributed by atoms with E-state index < -0.39 is 0 Å². The lowest BCUT2D eigenvalue weighted by atomic mass is 9.75. The van der Waals surface area contributed by atoms with Gasteiger partial charge in [0.2, 0.25) is 0 Å². The monoisotopic (exact) mass is 360 g/mol. The lowest BCUT2D eigenvalue weighted by Crippen LogP contribution is -2.48. The van der Waals surface area contributed by atoms with Crippen molar-refractivity contribution in [2.24, 2.45) is 5.92 Å². The first kappa shape index (κ1) is 17.5. The summed E-state index contributed by atoms with van der Waals surface area (Å²) in [5.41, 5.74) is 5.10. The van der Waals surface area contributed by atoms with Crippen LogP contribution < -0.4 is 5.32 Å². The van der Waals surface area contributed by atoms with Gasteiger partial charge in [0.05, 0.1) is 0 Å². The summed E-state index contributed by atoms with van der Waals surface area (Å²) < 4.78 is 0. The molecule has 27 heavy (non-hydrogen) atoms. The van der Waals surface area contributed by atoms with E-state index in [1.807, 2.05) is 0 Å². The van der Waals surface area contributed by atoms with E-state index in [4.69, 9.17) is 0 Å². The van der Waals surface area contributed by atoms with Gasteiger partial charge in [-0.1, -0.05) is 54.6 Å². The molecule has 1 unspecified atom stereocenters. The molecule has 2 aromatic carbocycles. The smallest absolute Gasteiger partial charge is 0.0136 e. The number of fused-ring (bicyclic) bond motifs is 2. The van der Waals surface area contributed by atoms with Crippen molar-refractivity contribution in [2.45, 2.75) is 50.0 Å². The first-order chi connectivity index (χ1) is 13.3. The van der Waals surface area contributed by atoms with E-state index in [9.17, 15) is 0 Å². The quantitative estimate of drug-likeness (QED) is 0.880. The number of hydrogen-bond donors (Lipinski definition) is 1. The Hall–Kier alpha value is -1.64. The van der Waals surface area contributed by atoms with E-state index in [-0.39, 0.29) is 0 Å². The van der Waals surface area contributed by atoms with Crippen molar-refractivity contribution in [1.29, 1.82) is 0 Å². The zero-order chi connectivity index (χ0) is 18.1. The summed E-state index contributed by atoms with van der Waals surface area (Å²) >= 11 is 0. The third-order valence-corrected chi connectivity index (χ3v) is 7.51. The van der Waals surface area contributed by atoms with E-state index in [2.05, 4.69) is 64.8 Å². The van der Waals surface area contributed by atoms with Crippen LogP contribution in [0.15, 0.2) is 54.6 Å². The zero-order valence-corrected chi connectivity index (χ0v) is 16.4. The molecule has 0 aromatic heterocycles. The maximum Gasteiger partial charge on any atom is 0.0136 e. The van der Waals surface area contributed by atoms with Gasteiger partial charge in [0, 0.05) is 24.5 Å². The highest BCUT2D eigenvalue weighted by Gasteiger charge is 2.38. The number of piperidine rings is 1. The largest absolute Gasteiger partial charge is 0.316 e. The van der Waals surface area contributed by atoms with Crippen LogP contribution in [0.3, 0.4) is 0 Å². The Kier molecular flexibility index (Phi) is 4.79. The third-order valence-electron chi connectivity index (χ3n) is 7.51. The van der Waals surface area contributed by atoms with E-state index in [0.717, 1.165) is 25.0 Å². The Morgan fingerprint density at radius 3 is 2.48 bits per heavy atom. The first-order valence-electron chi connectivity index (χ1n) is 10.9. The van der Waals surface area contributed by atoms with Gasteiger partial charge in [0.1, 0.15) is 0 Å². The van der Waals surface area contributed by atoms with Gasteiger partial charge in [-0.2, -0.15) is 0 Å². The summed E-state index contributed by atoms with van der Waals surface area (Å²) in [6.07, 6.45) is 7.90. The molecule has 0 radical (unpaired) electrons. The highest BCUT2D eigenvalue weighted by atomic mass is 15.2. The van der Waals surface area contributed by atoms with Crippen LogP contribution in [0.1, 0.15) is 42.4 Å². The standard InChI is InChI=1S/C25H32N2/c1-2-8-23(9-3-1)25(12-14-26-19-25)13-15-27-18-20-10-11-24(27)17-22-7-5-4-6-21(22)16-20/h1-9,20,24,26H,10-19H2/t20-,24+,25?/m0/s1. The molecule has 1 N–H and O–H groups in total. The topological polar surface area (TPSA) is 15.3 Å². The Bertz CT molecular complexity index is 763. The maximum atomic E-state index is 3.65. The predicted molar refractivity (Wildman–Crippen MR) is 112 cm³/mol. The van der Waals surface area contributed by atoms with Crippen molar-refractivity contribution >= 4 is 0 Å². The van der Waals surface area contributed by atoms with Crippen LogP contribution in [0, 0.1) is 5.92 Å². The average Bonchev–Trinajstić information content (AvgIpc) is 3.17. The number of nitrogens with zero attached hydrogens (tertiary/aromatic N) is 1. The van der Waals surface area contributed by atoms with Crippen LogP contribution >= 0.6 is 0 Å². The molecule has 3 atom stereocenters. The maximum absolute atomic E-state index is 3.65. The SMILES string of the molecule is c1ccc(C2(CCN3C[C@H]4CC[C@@H]3Cc3ccccc3C4)CCNC2)cc1. The summed E-state index contributed by atoms with van der Waals surface area (Å²) in [5.74, 6) is 0.845. The summed E-state index contributed by atoms with van der Waals surface area (Å²) in [7, 11) is 0. The van der Waals surface area contributed by atoms with Crippen LogP contribution in [0.5, 0.6) is 0 Å². The highest BCUT2D eigenvalue weighted by Crippen LogP contribution is 2.37. The molecule has 0 saturated carbocycles. The van der Waals surface area contributed by atoms with Crippen LogP contribution in [-0.2, 0) is 18.3 Å². The second-order valence-electron chi connectivity index (χ2n) is 9.09. The van der Waals surface area contributed by atoms with Crippen molar-refractivity contribution in [2.75, 3.05) is 26.2 Å². The number of rotatable bonds is 4. The van der Waals surface area contributed by atoms with E-state index in [0.29, 0.717) is 5.41 Å². The molecule has 2 nitrogen and oxygen atoms in total. The Morgan fingerprint density at radius 1 is 0.926 bits per heavy atom. The lowest BCUT2D eigenvalue weighted by molar-refractivity contribution is 0.0923. The minimum Gasteiger partial charge on any atom is -0.316 e. The number of benzene rings is 2. The van der Waals surface area contributed by atoms with Crippen molar-refractivity contribution in [3.63, 3.8) is 0 Å². The summed E-state index contributed by atoms with van der Waals surface area (Å²) in [5, 5.41) is 3.65. The molecule has 2 bridgehead atoms. The van der Waals surface area contributed by atoms with Gasteiger partial charge >= 0.3 is 0 Å². The molecule has 2 aromatic rings. The van der Waals surface area contributed by atoms with Gasteiger partial charge in [-0.3, -0.25) is 4.90 Å². The van der Waals surface area contributed by atoms with E-state index >= 15 is 0 Å². The van der Waals surface area contributed by atoms with Crippen molar-refractivity contribution in [3.8, 4) is 0 Å². The summed E-state index contributed by atoms with van der Waals surface area (Å²) in [6.45, 7) is 4.85. The molecule has 3 aliphatic heterocycles. The molecule has 0 amide bonds. The molecule has 6 rings (SSSR count).